The third-order valence-electron chi connectivity index (χ3n) is 3.63. The minimum Gasteiger partial charge on any atom is -0.356 e. The van der Waals surface area contributed by atoms with Crippen LogP contribution in [0.2, 0.25) is 0 Å². The molecule has 10 heteroatoms. The number of nitrogens with one attached hydrogen (secondary N) is 2. The molecule has 0 aliphatic carbocycles. The van der Waals surface area contributed by atoms with Crippen molar-refractivity contribution in [3.63, 3.8) is 0 Å². The molecule has 2 heterocycles. The second-order valence-corrected chi connectivity index (χ2v) is 10.3. The van der Waals surface area contributed by atoms with Crippen molar-refractivity contribution in [2.45, 2.75) is 23.6 Å². The maximum Gasteiger partial charge on any atom is 0.252 e. The Bertz CT molecular complexity index is 801. The Balaban J connectivity index is 0.00000338. The van der Waals surface area contributed by atoms with Crippen LogP contribution >= 0.6 is 46.7 Å². The molecule has 0 amide bonds. The number of halogens is 1. The molecule has 0 saturated heterocycles. The first-order valence-electron chi connectivity index (χ1n) is 7.83. The number of rotatable bonds is 7. The van der Waals surface area contributed by atoms with E-state index in [9.17, 15) is 8.42 Å². The zero-order valence-corrected chi connectivity index (χ0v) is 20.0. The molecule has 2 rings (SSSR count). The molecule has 0 radical (unpaired) electrons. The molecule has 1 unspecified atom stereocenters. The number of sulfonamides is 1. The Kier molecular flexibility index (Phi) is 9.51. The summed E-state index contributed by atoms with van der Waals surface area (Å²) in [5.41, 5.74) is 0. The molecule has 6 nitrogen and oxygen atoms in total. The van der Waals surface area contributed by atoms with Gasteiger partial charge in [0.15, 0.2) is 5.96 Å². The molecule has 0 fully saturated rings. The van der Waals surface area contributed by atoms with Crippen LogP contribution in [0, 0.1) is 0 Å². The van der Waals surface area contributed by atoms with Gasteiger partial charge in [0.05, 0.1) is 6.54 Å². The highest BCUT2D eigenvalue weighted by Gasteiger charge is 2.19. The minimum absolute atomic E-state index is 0. The molecule has 0 aromatic carbocycles. The Morgan fingerprint density at radius 2 is 2.00 bits per heavy atom. The molecule has 0 spiro atoms. The third-order valence-corrected chi connectivity index (χ3v) is 8.10. The number of hydrogen-bond donors (Lipinski definition) is 2. The number of aliphatic imine (C=N–C) groups is 1. The maximum absolute atomic E-state index is 12.1. The van der Waals surface area contributed by atoms with Crippen LogP contribution < -0.4 is 10.6 Å². The van der Waals surface area contributed by atoms with Crippen molar-refractivity contribution in [1.82, 2.24) is 14.9 Å². The molecular formula is C16H25IN4O2S3. The Morgan fingerprint density at radius 3 is 2.58 bits per heavy atom. The van der Waals surface area contributed by atoms with E-state index in [1.54, 1.807) is 24.5 Å². The predicted octanol–water partition coefficient (Wildman–Crippen LogP) is 3.15. The summed E-state index contributed by atoms with van der Waals surface area (Å²) in [7, 11) is 1.43. The molecule has 146 valence electrons. The fourth-order valence-electron chi connectivity index (χ4n) is 2.09. The van der Waals surface area contributed by atoms with E-state index in [0.717, 1.165) is 11.4 Å². The second kappa shape index (κ2) is 10.6. The van der Waals surface area contributed by atoms with Gasteiger partial charge < -0.3 is 10.6 Å². The van der Waals surface area contributed by atoms with Crippen molar-refractivity contribution in [3.05, 3.63) is 39.4 Å². The van der Waals surface area contributed by atoms with E-state index >= 15 is 0 Å². The molecule has 2 N–H and O–H groups in total. The summed E-state index contributed by atoms with van der Waals surface area (Å²) in [6.07, 6.45) is 0. The van der Waals surface area contributed by atoms with E-state index < -0.39 is 10.0 Å². The maximum atomic E-state index is 12.1. The monoisotopic (exact) mass is 528 g/mol. The second-order valence-electron chi connectivity index (χ2n) is 5.73. The highest BCUT2D eigenvalue weighted by atomic mass is 127. The molecule has 2 aromatic rings. The molecule has 0 bridgehead atoms. The number of nitrogens with zero attached hydrogens (tertiary/aromatic N) is 2. The van der Waals surface area contributed by atoms with Crippen LogP contribution in [0.15, 0.2) is 38.8 Å². The highest BCUT2D eigenvalue weighted by molar-refractivity contribution is 14.0. The van der Waals surface area contributed by atoms with Crippen molar-refractivity contribution in [3.8, 4) is 0 Å². The fraction of sp³-hybridized carbons (Fsp3) is 0.438. The lowest BCUT2D eigenvalue weighted by Gasteiger charge is -2.14. The Labute approximate surface area is 180 Å². The molecule has 0 aliphatic rings. The smallest absolute Gasteiger partial charge is 0.252 e. The lowest BCUT2D eigenvalue weighted by Crippen LogP contribution is -2.38. The first-order valence-corrected chi connectivity index (χ1v) is 11.0. The molecule has 0 saturated carbocycles. The van der Waals surface area contributed by atoms with Gasteiger partial charge in [-0.05, 0) is 23.6 Å². The summed E-state index contributed by atoms with van der Waals surface area (Å²) in [5, 5.41) is 8.61. The van der Waals surface area contributed by atoms with Crippen molar-refractivity contribution < 1.29 is 8.42 Å². The largest absolute Gasteiger partial charge is 0.356 e. The first-order chi connectivity index (χ1) is 11.8. The topological polar surface area (TPSA) is 73.8 Å². The van der Waals surface area contributed by atoms with Crippen LogP contribution in [-0.2, 0) is 16.6 Å². The van der Waals surface area contributed by atoms with Crippen LogP contribution in [0.3, 0.4) is 0 Å². The summed E-state index contributed by atoms with van der Waals surface area (Å²) in [6, 6.07) is 7.66. The standard InChI is InChI=1S/C16H24N4O2S3.HI/c1-12(14-6-5-9-23-14)10-18-16(17-2)19-11-13-7-8-15(24-13)25(21,22)20(3)4;/h5-9,12H,10-11H2,1-4H3,(H2,17,18,19);1H. The predicted molar refractivity (Wildman–Crippen MR) is 122 cm³/mol. The van der Waals surface area contributed by atoms with E-state index in [1.165, 1.54) is 34.6 Å². The zero-order valence-electron chi connectivity index (χ0n) is 15.2. The summed E-state index contributed by atoms with van der Waals surface area (Å²) < 4.78 is 25.8. The zero-order chi connectivity index (χ0) is 18.4. The SMILES string of the molecule is CN=C(NCc1ccc(S(=O)(=O)N(C)C)s1)NCC(C)c1cccs1.I. The van der Waals surface area contributed by atoms with Gasteiger partial charge in [0.1, 0.15) is 4.21 Å². The highest BCUT2D eigenvalue weighted by Crippen LogP contribution is 2.23. The number of hydrogen-bond acceptors (Lipinski definition) is 5. The average Bonchev–Trinajstić information content (AvgIpc) is 3.26. The van der Waals surface area contributed by atoms with Crippen molar-refractivity contribution in [2.75, 3.05) is 27.7 Å². The van der Waals surface area contributed by atoms with E-state index in [2.05, 4.69) is 40.1 Å². The molecule has 26 heavy (non-hydrogen) atoms. The lowest BCUT2D eigenvalue weighted by molar-refractivity contribution is 0.523. The van der Waals surface area contributed by atoms with Crippen LogP contribution in [0.5, 0.6) is 0 Å². The fourth-order valence-corrected chi connectivity index (χ4v) is 5.34. The van der Waals surface area contributed by atoms with Gasteiger partial charge in [-0.1, -0.05) is 13.0 Å². The van der Waals surface area contributed by atoms with Crippen molar-refractivity contribution >= 4 is 62.6 Å². The van der Waals surface area contributed by atoms with Crippen LogP contribution in [0.4, 0.5) is 0 Å². The van der Waals surface area contributed by atoms with Crippen LogP contribution in [0.1, 0.15) is 22.6 Å². The van der Waals surface area contributed by atoms with Gasteiger partial charge in [0.2, 0.25) is 0 Å². The molecule has 0 aliphatic heterocycles. The summed E-state index contributed by atoms with van der Waals surface area (Å²) in [4.78, 5) is 6.49. The van der Waals surface area contributed by atoms with Gasteiger partial charge in [-0.2, -0.15) is 0 Å². The van der Waals surface area contributed by atoms with Crippen LogP contribution in [-0.4, -0.2) is 46.4 Å². The average molecular weight is 529 g/mol. The first kappa shape index (κ1) is 23.3. The van der Waals surface area contributed by atoms with E-state index in [1.807, 2.05) is 6.07 Å². The van der Waals surface area contributed by atoms with Gasteiger partial charge in [-0.3, -0.25) is 4.99 Å². The third kappa shape index (κ3) is 6.19. The molecular weight excluding hydrogens is 503 g/mol. The van der Waals surface area contributed by atoms with Gasteiger partial charge >= 0.3 is 0 Å². The van der Waals surface area contributed by atoms with Crippen LogP contribution in [0.25, 0.3) is 0 Å². The number of thiophene rings is 2. The van der Waals surface area contributed by atoms with E-state index in [0.29, 0.717) is 22.6 Å². The van der Waals surface area contributed by atoms with Crippen molar-refractivity contribution in [1.29, 1.82) is 0 Å². The van der Waals surface area contributed by atoms with E-state index in [4.69, 9.17) is 0 Å². The van der Waals surface area contributed by atoms with Gasteiger partial charge in [0.25, 0.3) is 10.0 Å². The lowest BCUT2D eigenvalue weighted by atomic mass is 10.1. The van der Waals surface area contributed by atoms with Gasteiger partial charge in [-0.15, -0.1) is 46.7 Å². The Morgan fingerprint density at radius 1 is 1.27 bits per heavy atom. The number of guanidine groups is 1. The summed E-state index contributed by atoms with van der Waals surface area (Å²) in [5.74, 6) is 1.10. The van der Waals surface area contributed by atoms with E-state index in [-0.39, 0.29) is 24.0 Å². The normalized spacial score (nSPS) is 13.3. The summed E-state index contributed by atoms with van der Waals surface area (Å²) in [6.45, 7) is 3.48. The molecule has 2 aromatic heterocycles. The summed E-state index contributed by atoms with van der Waals surface area (Å²) >= 11 is 3.02. The molecule has 1 atom stereocenters. The minimum atomic E-state index is -3.37. The van der Waals surface area contributed by atoms with Gasteiger partial charge in [-0.25, -0.2) is 12.7 Å². The van der Waals surface area contributed by atoms with Gasteiger partial charge in [0, 0.05) is 43.4 Å². The van der Waals surface area contributed by atoms with Crippen molar-refractivity contribution in [2.24, 2.45) is 4.99 Å². The quantitative estimate of drug-likeness (QED) is 0.329. The Hall–Kier alpha value is -0.690.